The largest absolute Gasteiger partial charge is 0.352 e. The number of carbonyl (C=O) groups is 2. The number of nitrogens with zero attached hydrogens (tertiary/aromatic N) is 2. The summed E-state index contributed by atoms with van der Waals surface area (Å²) in [6.45, 7) is 0.242. The van der Waals surface area contributed by atoms with Crippen LogP contribution in [0, 0.1) is 0 Å². The zero-order chi connectivity index (χ0) is 16.1. The Balaban J connectivity index is 1.53. The molecule has 1 heterocycles. The fraction of sp³-hybridized carbons (Fsp3) is 0.125. The number of benzene rings is 2. The molecule has 0 bridgehead atoms. The fourth-order valence-electron chi connectivity index (χ4n) is 2.18. The molecule has 7 heteroatoms. The van der Waals surface area contributed by atoms with Crippen molar-refractivity contribution < 1.29 is 9.59 Å². The first-order valence-electron chi connectivity index (χ1n) is 7.14. The number of aromatic nitrogens is 3. The lowest BCUT2D eigenvalue weighted by molar-refractivity contribution is -0.116. The molecule has 0 radical (unpaired) electrons. The number of aromatic amines is 1. The number of H-pyrrole nitrogens is 1. The topological polar surface area (TPSA) is 99.8 Å². The van der Waals surface area contributed by atoms with E-state index in [9.17, 15) is 9.59 Å². The smallest absolute Gasteiger partial charge is 0.251 e. The van der Waals surface area contributed by atoms with Crippen LogP contribution in [0.4, 0.5) is 5.95 Å². The van der Waals surface area contributed by atoms with Crippen molar-refractivity contribution in [3.8, 4) is 0 Å². The summed E-state index contributed by atoms with van der Waals surface area (Å²) in [5.41, 5.74) is 0.569. The Kier molecular flexibility index (Phi) is 4.28. The minimum Gasteiger partial charge on any atom is -0.352 e. The van der Waals surface area contributed by atoms with Gasteiger partial charge >= 0.3 is 0 Å². The van der Waals surface area contributed by atoms with Crippen molar-refractivity contribution in [3.63, 3.8) is 0 Å². The monoisotopic (exact) mass is 309 g/mol. The average Bonchev–Trinajstić information content (AvgIpc) is 3.07. The Morgan fingerprint density at radius 3 is 2.70 bits per heavy atom. The van der Waals surface area contributed by atoms with E-state index in [0.717, 1.165) is 10.8 Å². The Morgan fingerprint density at radius 2 is 1.91 bits per heavy atom. The lowest BCUT2D eigenvalue weighted by Crippen LogP contribution is -2.27. The molecule has 0 unspecified atom stereocenters. The molecule has 3 rings (SSSR count). The summed E-state index contributed by atoms with van der Waals surface area (Å²) in [5, 5.41) is 13.5. The first kappa shape index (κ1) is 14.7. The third-order valence-electron chi connectivity index (χ3n) is 3.32. The van der Waals surface area contributed by atoms with Crippen LogP contribution < -0.4 is 10.6 Å². The number of hydrogen-bond donors (Lipinski definition) is 3. The maximum Gasteiger partial charge on any atom is 0.251 e. The van der Waals surface area contributed by atoms with Crippen LogP contribution in [0.1, 0.15) is 16.8 Å². The molecule has 3 aromatic rings. The molecule has 0 saturated carbocycles. The van der Waals surface area contributed by atoms with Gasteiger partial charge in [-0.05, 0) is 22.9 Å². The molecular weight excluding hydrogens is 294 g/mol. The summed E-state index contributed by atoms with van der Waals surface area (Å²) < 4.78 is 0. The van der Waals surface area contributed by atoms with Gasteiger partial charge in [-0.15, -0.1) is 0 Å². The Morgan fingerprint density at radius 1 is 1.09 bits per heavy atom. The minimum absolute atomic E-state index is 0.153. The zero-order valence-corrected chi connectivity index (χ0v) is 12.2. The van der Waals surface area contributed by atoms with Gasteiger partial charge in [0.25, 0.3) is 5.91 Å². The minimum atomic E-state index is -0.249. The van der Waals surface area contributed by atoms with Crippen LogP contribution in [-0.2, 0) is 4.79 Å². The molecule has 0 fully saturated rings. The number of nitrogens with one attached hydrogen (secondary N) is 3. The summed E-state index contributed by atoms with van der Waals surface area (Å²) in [7, 11) is 0. The molecule has 2 aromatic carbocycles. The van der Waals surface area contributed by atoms with Crippen molar-refractivity contribution in [3.05, 3.63) is 54.4 Å². The zero-order valence-electron chi connectivity index (χ0n) is 12.2. The van der Waals surface area contributed by atoms with Crippen molar-refractivity contribution in [1.29, 1.82) is 0 Å². The van der Waals surface area contributed by atoms with Crippen molar-refractivity contribution in [1.82, 2.24) is 20.5 Å². The van der Waals surface area contributed by atoms with Gasteiger partial charge < -0.3 is 5.32 Å². The van der Waals surface area contributed by atoms with Gasteiger partial charge in [0.05, 0.1) is 0 Å². The van der Waals surface area contributed by atoms with E-state index in [-0.39, 0.29) is 30.7 Å². The molecular formula is C16H15N5O2. The molecule has 0 atom stereocenters. The molecule has 0 spiro atoms. The summed E-state index contributed by atoms with van der Waals surface area (Å²) >= 11 is 0. The second-order valence-corrected chi connectivity index (χ2v) is 4.95. The van der Waals surface area contributed by atoms with Crippen molar-refractivity contribution >= 4 is 28.5 Å². The molecule has 7 nitrogen and oxygen atoms in total. The highest BCUT2D eigenvalue weighted by atomic mass is 16.2. The Bertz CT molecular complexity index is 829. The number of rotatable bonds is 5. The van der Waals surface area contributed by atoms with Crippen LogP contribution >= 0.6 is 0 Å². The summed E-state index contributed by atoms with van der Waals surface area (Å²) in [4.78, 5) is 27.6. The van der Waals surface area contributed by atoms with E-state index >= 15 is 0 Å². The van der Waals surface area contributed by atoms with Crippen LogP contribution in [0.3, 0.4) is 0 Å². The Labute approximate surface area is 132 Å². The van der Waals surface area contributed by atoms with Crippen LogP contribution in [0.2, 0.25) is 0 Å². The van der Waals surface area contributed by atoms with Crippen LogP contribution in [0.5, 0.6) is 0 Å². The van der Waals surface area contributed by atoms with Gasteiger partial charge in [-0.2, -0.15) is 10.1 Å². The first-order chi connectivity index (χ1) is 11.2. The van der Waals surface area contributed by atoms with Crippen molar-refractivity contribution in [2.24, 2.45) is 0 Å². The summed E-state index contributed by atoms with van der Waals surface area (Å²) in [6.07, 6.45) is 1.46. The van der Waals surface area contributed by atoms with Crippen LogP contribution in [0.25, 0.3) is 10.8 Å². The van der Waals surface area contributed by atoms with Crippen LogP contribution in [0.15, 0.2) is 48.8 Å². The highest BCUT2D eigenvalue weighted by Gasteiger charge is 2.08. The molecule has 23 heavy (non-hydrogen) atoms. The van der Waals surface area contributed by atoms with Gasteiger partial charge in [-0.1, -0.05) is 30.3 Å². The lowest BCUT2D eigenvalue weighted by atomic mass is 10.1. The normalized spacial score (nSPS) is 10.4. The van der Waals surface area contributed by atoms with Gasteiger partial charge in [0, 0.05) is 18.5 Å². The maximum absolute atomic E-state index is 12.1. The highest BCUT2D eigenvalue weighted by Crippen LogP contribution is 2.15. The van der Waals surface area contributed by atoms with Gasteiger partial charge in [0.1, 0.15) is 6.33 Å². The maximum atomic E-state index is 12.1. The van der Waals surface area contributed by atoms with Gasteiger partial charge in [0.2, 0.25) is 11.9 Å². The molecule has 0 aliphatic rings. The van der Waals surface area contributed by atoms with Crippen molar-refractivity contribution in [2.75, 3.05) is 11.9 Å². The predicted molar refractivity (Wildman–Crippen MR) is 85.9 cm³/mol. The van der Waals surface area contributed by atoms with Gasteiger partial charge in [-0.25, -0.2) is 5.10 Å². The second-order valence-electron chi connectivity index (χ2n) is 4.95. The molecule has 1 aromatic heterocycles. The van der Waals surface area contributed by atoms with Gasteiger partial charge in [0.15, 0.2) is 0 Å². The highest BCUT2D eigenvalue weighted by molar-refractivity contribution is 5.98. The van der Waals surface area contributed by atoms with E-state index < -0.39 is 0 Å². The average molecular weight is 309 g/mol. The summed E-state index contributed by atoms with van der Waals surface area (Å²) in [6, 6.07) is 13.3. The third-order valence-corrected chi connectivity index (χ3v) is 3.32. The quantitative estimate of drug-likeness (QED) is 0.668. The van der Waals surface area contributed by atoms with Crippen molar-refractivity contribution in [2.45, 2.75) is 6.42 Å². The number of amides is 2. The molecule has 116 valence electrons. The predicted octanol–water partition coefficient (Wildman–Crippen LogP) is 1.72. The van der Waals surface area contributed by atoms with E-state index in [4.69, 9.17) is 0 Å². The number of carbonyl (C=O) groups excluding carboxylic acids is 2. The molecule has 0 aliphatic carbocycles. The lowest BCUT2D eigenvalue weighted by Gasteiger charge is -2.06. The molecule has 2 amide bonds. The molecule has 3 N–H and O–H groups in total. The van der Waals surface area contributed by atoms with E-state index in [1.54, 1.807) is 6.07 Å². The summed E-state index contributed by atoms with van der Waals surface area (Å²) in [5.74, 6) is -0.167. The standard InChI is InChI=1S/C16H15N5O2/c22-14(20-16-18-10-19-21-16)7-8-17-15(23)13-6-5-11-3-1-2-4-12(11)9-13/h1-6,9-10H,7-8H2,(H,17,23)(H2,18,19,20,21,22). The number of hydrogen-bond acceptors (Lipinski definition) is 4. The van der Waals surface area contributed by atoms with Gasteiger partial charge in [-0.3, -0.25) is 14.9 Å². The third kappa shape index (κ3) is 3.70. The SMILES string of the molecule is O=C(CCNC(=O)c1ccc2ccccc2c1)Nc1ncn[nH]1. The van der Waals surface area contributed by atoms with E-state index in [2.05, 4.69) is 25.8 Å². The van der Waals surface area contributed by atoms with E-state index in [1.165, 1.54) is 6.33 Å². The first-order valence-corrected chi connectivity index (χ1v) is 7.14. The number of fused-ring (bicyclic) bond motifs is 1. The second kappa shape index (κ2) is 6.69. The molecule has 0 aliphatic heterocycles. The fourth-order valence-corrected chi connectivity index (χ4v) is 2.18. The Hall–Kier alpha value is -3.22. The molecule has 0 saturated heterocycles. The van der Waals surface area contributed by atoms with E-state index in [0.29, 0.717) is 5.56 Å². The number of anilines is 1. The van der Waals surface area contributed by atoms with Crippen LogP contribution in [-0.4, -0.2) is 33.5 Å². The van der Waals surface area contributed by atoms with E-state index in [1.807, 2.05) is 36.4 Å².